The molecular weight excluding hydrogens is 411 g/mol. The molecule has 4 aromatic carbocycles. The summed E-state index contributed by atoms with van der Waals surface area (Å²) >= 11 is 8.13. The minimum atomic E-state index is -3.78. The van der Waals surface area contributed by atoms with Gasteiger partial charge in [0.05, 0.1) is 0 Å². The minimum absolute atomic E-state index is 0.326. The average Bonchev–Trinajstić information content (AvgIpc) is 3.18. The van der Waals surface area contributed by atoms with Gasteiger partial charge < -0.3 is 0 Å². The Morgan fingerprint density at radius 3 is 1.47 bits per heavy atom. The Balaban J connectivity index is 1.96. The average molecular weight is 431 g/mol. The van der Waals surface area contributed by atoms with Gasteiger partial charge >= 0.3 is 181 Å². The fraction of sp³-hybridized carbons (Fsp3) is 0.0385. The summed E-state index contributed by atoms with van der Waals surface area (Å²) in [4.78, 5) is 12.9. The summed E-state index contributed by atoms with van der Waals surface area (Å²) in [5, 5.41) is 2.91. The zero-order valence-electron chi connectivity index (χ0n) is 16.2. The second-order valence-electron chi connectivity index (χ2n) is 7.43. The van der Waals surface area contributed by atoms with Gasteiger partial charge in [-0.3, -0.25) is 0 Å². The molecule has 0 aliphatic carbocycles. The van der Waals surface area contributed by atoms with Crippen molar-refractivity contribution < 1.29 is 9.53 Å². The third-order valence-corrected chi connectivity index (χ3v) is 13.4. The van der Waals surface area contributed by atoms with E-state index in [4.69, 9.17) is 16.0 Å². The normalized spacial score (nSPS) is 16.9. The van der Waals surface area contributed by atoms with Crippen LogP contribution in [0.2, 0.25) is 0 Å². The number of esters is 1. The number of benzene rings is 4. The van der Waals surface area contributed by atoms with Gasteiger partial charge in [0.25, 0.3) is 0 Å². The van der Waals surface area contributed by atoms with E-state index in [1.807, 2.05) is 78.9 Å². The summed E-state index contributed by atoms with van der Waals surface area (Å²) in [5.74, 6) is -4.72. The Labute approximate surface area is 180 Å². The molecule has 4 aromatic rings. The van der Waals surface area contributed by atoms with Crippen molar-refractivity contribution in [2.75, 3.05) is 0 Å². The predicted molar refractivity (Wildman–Crippen MR) is 126 cm³/mol. The number of carbonyl (C=O) groups is 1. The van der Waals surface area contributed by atoms with Crippen LogP contribution in [0.1, 0.15) is 21.8 Å². The Morgan fingerprint density at radius 2 is 1.00 bits per heavy atom. The van der Waals surface area contributed by atoms with Crippen molar-refractivity contribution >= 4 is 39.1 Å². The van der Waals surface area contributed by atoms with Gasteiger partial charge in [-0.1, -0.05) is 0 Å². The standard InChI is InChI=1S/C26H20ClO2P/c27-30(20-12-4-1-5-13-20,21-14-6-2-7-15-21,22-16-8-3-9-17-22)26-24-19-11-10-18-23(24)25(28)29-26/h1-19,26H. The molecule has 1 aliphatic heterocycles. The van der Waals surface area contributed by atoms with E-state index in [9.17, 15) is 4.79 Å². The van der Waals surface area contributed by atoms with Crippen LogP contribution in [0.3, 0.4) is 0 Å². The van der Waals surface area contributed by atoms with Gasteiger partial charge in [0.15, 0.2) is 0 Å². The second-order valence-corrected chi connectivity index (χ2v) is 13.7. The number of hydrogen-bond acceptors (Lipinski definition) is 2. The first-order valence-corrected chi connectivity index (χ1v) is 13.1. The first-order valence-electron chi connectivity index (χ1n) is 9.84. The summed E-state index contributed by atoms with van der Waals surface area (Å²) in [5.41, 5.74) is 1.42. The zero-order valence-corrected chi connectivity index (χ0v) is 17.8. The molecule has 0 N–H and O–H groups in total. The van der Waals surface area contributed by atoms with E-state index in [-0.39, 0.29) is 5.97 Å². The molecule has 0 spiro atoms. The summed E-state index contributed by atoms with van der Waals surface area (Å²) < 4.78 is 6.15. The third kappa shape index (κ3) is 2.51. The molecule has 0 saturated heterocycles. The first-order chi connectivity index (χ1) is 14.6. The monoisotopic (exact) mass is 430 g/mol. The van der Waals surface area contributed by atoms with Crippen LogP contribution in [0.4, 0.5) is 0 Å². The molecule has 0 aromatic heterocycles. The number of cyclic esters (lactones) is 1. The number of ether oxygens (including phenoxy) is 1. The number of carbonyl (C=O) groups excluding carboxylic acids is 1. The van der Waals surface area contributed by atoms with Crippen LogP contribution in [0.5, 0.6) is 0 Å². The molecule has 4 heteroatoms. The topological polar surface area (TPSA) is 26.3 Å². The maximum atomic E-state index is 12.9. The van der Waals surface area contributed by atoms with Gasteiger partial charge in [-0.15, -0.1) is 0 Å². The van der Waals surface area contributed by atoms with Gasteiger partial charge in [-0.2, -0.15) is 0 Å². The van der Waals surface area contributed by atoms with Crippen molar-refractivity contribution in [1.29, 1.82) is 0 Å². The van der Waals surface area contributed by atoms with Crippen LogP contribution in [0.25, 0.3) is 0 Å². The quantitative estimate of drug-likeness (QED) is 0.314. The van der Waals surface area contributed by atoms with E-state index in [2.05, 4.69) is 36.4 Å². The van der Waals surface area contributed by atoms with Crippen molar-refractivity contribution in [2.45, 2.75) is 5.85 Å². The Kier molecular flexibility index (Phi) is 4.50. The van der Waals surface area contributed by atoms with Crippen LogP contribution >= 0.6 is 17.2 Å². The van der Waals surface area contributed by atoms with Crippen molar-refractivity contribution in [3.05, 3.63) is 126 Å². The van der Waals surface area contributed by atoms with Crippen molar-refractivity contribution in [2.24, 2.45) is 0 Å². The molecule has 0 fully saturated rings. The van der Waals surface area contributed by atoms with Gasteiger partial charge in [0.1, 0.15) is 0 Å². The molecule has 0 amide bonds. The molecular formula is C26H20ClO2P. The predicted octanol–water partition coefficient (Wildman–Crippen LogP) is 5.54. The number of rotatable bonds is 4. The molecule has 0 radical (unpaired) electrons. The Bertz CT molecular complexity index is 1110. The molecule has 5 rings (SSSR count). The van der Waals surface area contributed by atoms with Crippen molar-refractivity contribution in [3.8, 4) is 0 Å². The molecule has 0 bridgehead atoms. The van der Waals surface area contributed by atoms with Crippen LogP contribution in [0, 0.1) is 0 Å². The molecule has 30 heavy (non-hydrogen) atoms. The van der Waals surface area contributed by atoms with E-state index in [1.165, 1.54) is 0 Å². The van der Waals surface area contributed by atoms with E-state index >= 15 is 0 Å². The summed E-state index contributed by atoms with van der Waals surface area (Å²) in [7, 11) is 0. The molecule has 1 aliphatic rings. The molecule has 1 unspecified atom stereocenters. The molecule has 2 nitrogen and oxygen atoms in total. The Morgan fingerprint density at radius 1 is 0.600 bits per heavy atom. The van der Waals surface area contributed by atoms with E-state index in [0.29, 0.717) is 5.56 Å². The molecule has 1 heterocycles. The van der Waals surface area contributed by atoms with Crippen molar-refractivity contribution in [1.82, 2.24) is 0 Å². The van der Waals surface area contributed by atoms with Crippen LogP contribution < -0.4 is 15.9 Å². The fourth-order valence-electron chi connectivity index (χ4n) is 4.50. The first kappa shape index (κ1) is 19.1. The van der Waals surface area contributed by atoms with Gasteiger partial charge in [-0.25, -0.2) is 0 Å². The summed E-state index contributed by atoms with van der Waals surface area (Å²) in [6.45, 7) is 0. The van der Waals surface area contributed by atoms with Crippen LogP contribution in [-0.4, -0.2) is 5.97 Å². The molecule has 148 valence electrons. The molecule has 1 atom stereocenters. The Hall–Kier alpha value is -2.93. The van der Waals surface area contributed by atoms with Gasteiger partial charge in [0, 0.05) is 0 Å². The second kappa shape index (κ2) is 7.09. The SMILES string of the molecule is O=C1OC(P(Cl)(c2ccccc2)(c2ccccc2)c2ccccc2)c2ccccc21. The number of hydrogen-bond donors (Lipinski definition) is 0. The number of fused-ring (bicyclic) bond motifs is 1. The van der Waals surface area contributed by atoms with Crippen LogP contribution in [-0.2, 0) is 4.74 Å². The van der Waals surface area contributed by atoms with Crippen LogP contribution in [0.15, 0.2) is 115 Å². The van der Waals surface area contributed by atoms with E-state index in [1.54, 1.807) is 0 Å². The summed E-state index contributed by atoms with van der Waals surface area (Å²) in [6.07, 6.45) is 0. The maximum absolute atomic E-state index is 12.9. The molecule has 0 saturated carbocycles. The number of halogens is 1. The fourth-order valence-corrected chi connectivity index (χ4v) is 11.0. The van der Waals surface area contributed by atoms with Crippen molar-refractivity contribution in [3.63, 3.8) is 0 Å². The van der Waals surface area contributed by atoms with E-state index < -0.39 is 11.8 Å². The summed E-state index contributed by atoms with van der Waals surface area (Å²) in [6, 6.07) is 37.8. The van der Waals surface area contributed by atoms with Gasteiger partial charge in [0.2, 0.25) is 0 Å². The van der Waals surface area contributed by atoms with Gasteiger partial charge in [-0.05, 0) is 0 Å². The van der Waals surface area contributed by atoms with E-state index in [0.717, 1.165) is 21.5 Å². The zero-order chi connectivity index (χ0) is 20.6. The third-order valence-electron chi connectivity index (χ3n) is 5.89.